The number of hydrogen-bond donors (Lipinski definition) is 2. The fourth-order valence-corrected chi connectivity index (χ4v) is 2.53. The van der Waals surface area contributed by atoms with Crippen molar-refractivity contribution in [1.82, 2.24) is 10.6 Å². The van der Waals surface area contributed by atoms with E-state index in [0.717, 1.165) is 10.0 Å². The van der Waals surface area contributed by atoms with Gasteiger partial charge < -0.3 is 15.4 Å². The Hall–Kier alpha value is -1.82. The fraction of sp³-hybridized carbons (Fsp3) is 0.231. The first-order chi connectivity index (χ1) is 9.04. The number of amides is 2. The molecule has 0 saturated heterocycles. The van der Waals surface area contributed by atoms with Crippen molar-refractivity contribution in [1.29, 1.82) is 0 Å². The van der Waals surface area contributed by atoms with Gasteiger partial charge in [0.25, 0.3) is 0 Å². The number of carbonyl (C=O) groups is 2. The zero-order chi connectivity index (χ0) is 14.0. The molecule has 1 unspecified atom stereocenters. The fourth-order valence-electron chi connectivity index (χ4n) is 2.02. The molecule has 1 aromatic rings. The van der Waals surface area contributed by atoms with Crippen molar-refractivity contribution < 1.29 is 14.3 Å². The van der Waals surface area contributed by atoms with Gasteiger partial charge in [0, 0.05) is 10.2 Å². The Kier molecular flexibility index (Phi) is 3.90. The number of nitrogens with one attached hydrogen (secondary N) is 2. The number of allylic oxidation sites excluding steroid dienone is 1. The van der Waals surface area contributed by atoms with E-state index in [-0.39, 0.29) is 6.03 Å². The van der Waals surface area contributed by atoms with E-state index in [1.165, 1.54) is 7.11 Å². The van der Waals surface area contributed by atoms with Gasteiger partial charge in [0.15, 0.2) is 0 Å². The molecule has 0 aliphatic carbocycles. The van der Waals surface area contributed by atoms with Gasteiger partial charge in [-0.25, -0.2) is 9.59 Å². The molecule has 100 valence electrons. The van der Waals surface area contributed by atoms with Gasteiger partial charge in [0.1, 0.15) is 0 Å². The van der Waals surface area contributed by atoms with Crippen LogP contribution in [0.3, 0.4) is 0 Å². The van der Waals surface area contributed by atoms with E-state index >= 15 is 0 Å². The molecular formula is C13H13BrN2O3. The summed E-state index contributed by atoms with van der Waals surface area (Å²) in [6.45, 7) is 1.68. The summed E-state index contributed by atoms with van der Waals surface area (Å²) in [6.07, 6.45) is 0. The minimum absolute atomic E-state index is 0.342. The minimum Gasteiger partial charge on any atom is -0.466 e. The van der Waals surface area contributed by atoms with Crippen LogP contribution in [-0.4, -0.2) is 19.1 Å². The van der Waals surface area contributed by atoms with Crippen LogP contribution in [0.1, 0.15) is 18.5 Å². The van der Waals surface area contributed by atoms with Gasteiger partial charge in [-0.05, 0) is 18.6 Å². The van der Waals surface area contributed by atoms with Gasteiger partial charge in [0.2, 0.25) is 0 Å². The van der Waals surface area contributed by atoms with E-state index < -0.39 is 12.0 Å². The number of hydrogen-bond acceptors (Lipinski definition) is 3. The molecule has 1 heterocycles. The summed E-state index contributed by atoms with van der Waals surface area (Å²) in [5, 5.41) is 5.31. The molecular weight excluding hydrogens is 312 g/mol. The SMILES string of the molecule is COC(=O)C1=C(C)NC(=O)NC1c1ccccc1Br. The Morgan fingerprint density at radius 1 is 1.37 bits per heavy atom. The van der Waals surface area contributed by atoms with Gasteiger partial charge in [-0.3, -0.25) is 0 Å². The first-order valence-corrected chi connectivity index (χ1v) is 6.45. The lowest BCUT2D eigenvalue weighted by Crippen LogP contribution is -2.45. The Morgan fingerprint density at radius 3 is 2.68 bits per heavy atom. The van der Waals surface area contributed by atoms with Crippen molar-refractivity contribution in [3.05, 3.63) is 45.6 Å². The largest absolute Gasteiger partial charge is 0.466 e. The molecule has 5 nitrogen and oxygen atoms in total. The Labute approximate surface area is 119 Å². The lowest BCUT2D eigenvalue weighted by Gasteiger charge is -2.28. The van der Waals surface area contributed by atoms with Crippen LogP contribution in [0.15, 0.2) is 40.0 Å². The molecule has 0 radical (unpaired) electrons. The summed E-state index contributed by atoms with van der Waals surface area (Å²) in [5.74, 6) is -0.467. The van der Waals surface area contributed by atoms with Crippen LogP contribution in [0.2, 0.25) is 0 Å². The standard InChI is InChI=1S/C13H13BrN2O3/c1-7-10(12(17)19-2)11(16-13(18)15-7)8-5-3-4-6-9(8)14/h3-6,11H,1-2H3,(H2,15,16,18). The van der Waals surface area contributed by atoms with E-state index in [0.29, 0.717) is 11.3 Å². The van der Waals surface area contributed by atoms with Crippen LogP contribution in [0, 0.1) is 0 Å². The normalized spacial score (nSPS) is 18.7. The molecule has 0 aromatic heterocycles. The summed E-state index contributed by atoms with van der Waals surface area (Å²) < 4.78 is 5.60. The van der Waals surface area contributed by atoms with Crippen LogP contribution < -0.4 is 10.6 Å². The molecule has 1 aliphatic rings. The summed E-state index contributed by atoms with van der Waals surface area (Å²) in [4.78, 5) is 23.5. The highest BCUT2D eigenvalue weighted by Gasteiger charge is 2.32. The second-order valence-electron chi connectivity index (χ2n) is 4.08. The van der Waals surface area contributed by atoms with E-state index in [9.17, 15) is 9.59 Å². The van der Waals surface area contributed by atoms with Gasteiger partial charge in [0.05, 0.1) is 18.7 Å². The second-order valence-corrected chi connectivity index (χ2v) is 4.94. The summed E-state index contributed by atoms with van der Waals surface area (Å²) in [6, 6.07) is 6.54. The van der Waals surface area contributed by atoms with Crippen molar-refractivity contribution in [2.75, 3.05) is 7.11 Å². The average molecular weight is 325 g/mol. The average Bonchev–Trinajstić information content (AvgIpc) is 2.37. The Morgan fingerprint density at radius 2 is 2.05 bits per heavy atom. The highest BCUT2D eigenvalue weighted by atomic mass is 79.9. The number of halogens is 1. The molecule has 2 amide bonds. The van der Waals surface area contributed by atoms with E-state index in [2.05, 4.69) is 26.6 Å². The first-order valence-electron chi connectivity index (χ1n) is 5.65. The molecule has 6 heteroatoms. The summed E-state index contributed by atoms with van der Waals surface area (Å²) in [5.41, 5.74) is 1.70. The van der Waals surface area contributed by atoms with E-state index in [4.69, 9.17) is 4.74 Å². The predicted octanol–water partition coefficient (Wildman–Crippen LogP) is 2.25. The van der Waals surface area contributed by atoms with Crippen molar-refractivity contribution in [3.8, 4) is 0 Å². The van der Waals surface area contributed by atoms with Crippen molar-refractivity contribution in [2.24, 2.45) is 0 Å². The van der Waals surface area contributed by atoms with Crippen molar-refractivity contribution in [3.63, 3.8) is 0 Å². The minimum atomic E-state index is -0.531. The summed E-state index contributed by atoms with van der Waals surface area (Å²) >= 11 is 3.42. The van der Waals surface area contributed by atoms with E-state index in [1.807, 2.05) is 24.3 Å². The zero-order valence-electron chi connectivity index (χ0n) is 10.5. The number of urea groups is 1. The Balaban J connectivity index is 2.53. The van der Waals surface area contributed by atoms with Crippen LogP contribution in [0.5, 0.6) is 0 Å². The molecule has 1 aliphatic heterocycles. The maximum Gasteiger partial charge on any atom is 0.337 e. The molecule has 1 aromatic carbocycles. The van der Waals surface area contributed by atoms with Crippen LogP contribution in [0.4, 0.5) is 4.79 Å². The molecule has 1 atom stereocenters. The van der Waals surface area contributed by atoms with Crippen LogP contribution in [-0.2, 0) is 9.53 Å². The summed E-state index contributed by atoms with van der Waals surface area (Å²) in [7, 11) is 1.32. The van der Waals surface area contributed by atoms with Crippen LogP contribution in [0.25, 0.3) is 0 Å². The molecule has 0 bridgehead atoms. The number of methoxy groups -OCH3 is 1. The smallest absolute Gasteiger partial charge is 0.337 e. The number of ether oxygens (including phenoxy) is 1. The maximum absolute atomic E-state index is 11.9. The quantitative estimate of drug-likeness (QED) is 0.820. The molecule has 2 N–H and O–H groups in total. The Bertz CT molecular complexity index is 569. The van der Waals surface area contributed by atoms with Gasteiger partial charge >= 0.3 is 12.0 Å². The molecule has 0 saturated carbocycles. The third-order valence-electron chi connectivity index (χ3n) is 2.89. The first kappa shape index (κ1) is 13.6. The molecule has 19 heavy (non-hydrogen) atoms. The molecule has 0 spiro atoms. The zero-order valence-corrected chi connectivity index (χ0v) is 12.1. The highest BCUT2D eigenvalue weighted by Crippen LogP contribution is 2.31. The third kappa shape index (κ3) is 2.63. The predicted molar refractivity (Wildman–Crippen MR) is 73.3 cm³/mol. The molecule has 0 fully saturated rings. The highest BCUT2D eigenvalue weighted by molar-refractivity contribution is 9.10. The number of esters is 1. The monoisotopic (exact) mass is 324 g/mol. The van der Waals surface area contributed by atoms with Gasteiger partial charge in [-0.1, -0.05) is 34.1 Å². The second kappa shape index (κ2) is 5.44. The lowest BCUT2D eigenvalue weighted by molar-refractivity contribution is -0.136. The van der Waals surface area contributed by atoms with E-state index in [1.54, 1.807) is 6.92 Å². The topological polar surface area (TPSA) is 67.4 Å². The van der Waals surface area contributed by atoms with Gasteiger partial charge in [-0.2, -0.15) is 0 Å². The maximum atomic E-state index is 11.9. The van der Waals surface area contributed by atoms with Crippen molar-refractivity contribution >= 4 is 27.9 Å². The number of benzene rings is 1. The lowest BCUT2D eigenvalue weighted by atomic mass is 9.96. The van der Waals surface area contributed by atoms with Gasteiger partial charge in [-0.15, -0.1) is 0 Å². The number of rotatable bonds is 2. The van der Waals surface area contributed by atoms with Crippen LogP contribution >= 0.6 is 15.9 Å². The number of carbonyl (C=O) groups excluding carboxylic acids is 2. The van der Waals surface area contributed by atoms with Crippen molar-refractivity contribution in [2.45, 2.75) is 13.0 Å². The third-order valence-corrected chi connectivity index (χ3v) is 3.61. The molecule has 2 rings (SSSR count).